The number of quaternary nitrogens is 1. The molecule has 0 aliphatic carbocycles. The van der Waals surface area contributed by atoms with Gasteiger partial charge in [-0.3, -0.25) is 18.6 Å². The third kappa shape index (κ3) is 54.4. The highest BCUT2D eigenvalue weighted by Crippen LogP contribution is 2.43. The number of carbonyl (C=O) groups excluding carboxylic acids is 2. The number of nitrogens with zero attached hydrogens (tertiary/aromatic N) is 1. The van der Waals surface area contributed by atoms with E-state index in [-0.39, 0.29) is 32.0 Å². The molecule has 0 bridgehead atoms. The molecule has 0 spiro atoms. The van der Waals surface area contributed by atoms with Gasteiger partial charge in [0.15, 0.2) is 6.10 Å². The van der Waals surface area contributed by atoms with Crippen LogP contribution in [0.5, 0.6) is 0 Å². The number of hydrogen-bond donors (Lipinski definition) is 1. The first-order chi connectivity index (χ1) is 33.5. The fourth-order valence-corrected chi connectivity index (χ4v) is 8.16. The number of ether oxygens (including phenoxy) is 2. The molecule has 0 saturated heterocycles. The molecule has 0 aromatic carbocycles. The highest BCUT2D eigenvalue weighted by atomic mass is 31.2. The summed E-state index contributed by atoms with van der Waals surface area (Å²) in [6.07, 6.45) is 66.6. The van der Waals surface area contributed by atoms with E-state index in [0.29, 0.717) is 23.9 Å². The predicted molar refractivity (Wildman–Crippen MR) is 293 cm³/mol. The number of phosphoric ester groups is 1. The molecule has 0 heterocycles. The van der Waals surface area contributed by atoms with Gasteiger partial charge in [-0.25, -0.2) is 4.57 Å². The average molecular weight is 987 g/mol. The van der Waals surface area contributed by atoms with E-state index in [1.165, 1.54) is 122 Å². The van der Waals surface area contributed by atoms with E-state index in [0.717, 1.165) is 64.2 Å². The molecule has 398 valence electrons. The number of likely N-dealkylation sites (N-methyl/N-ethyl adjacent to an activating group) is 1. The third-order valence-electron chi connectivity index (χ3n) is 11.7. The first kappa shape index (κ1) is 66.2. The normalized spacial score (nSPS) is 14.0. The molecule has 0 aliphatic rings. The van der Waals surface area contributed by atoms with Gasteiger partial charge in [0.1, 0.15) is 19.8 Å². The maximum absolute atomic E-state index is 12.8. The molecule has 2 unspecified atom stereocenters. The molecular formula is C59H105NO8P+. The van der Waals surface area contributed by atoms with Gasteiger partial charge in [-0.15, -0.1) is 0 Å². The standard InChI is InChI=1S/C59H104NO8P/c1-6-8-10-12-14-16-18-20-22-24-26-28-30-32-34-36-38-40-42-44-46-48-50-52-59(62)68-57(56-67-69(63,64)66-54-53-60(3,4)5)55-65-58(61)51-49-47-45-43-41-39-37-35-33-31-29-27-25-23-21-19-17-15-13-11-9-7-2/h8,10,14,16,20,22,26,28,32,34,38,40,44,46,57H,6-7,9,11-13,15,17-19,21,23-25,27,29-31,33,35-37,39,41-43,45,47-56H2,1-5H3/p+1/b10-8-,16-14-,22-20-,28-26-,34-32-,40-38-,46-44-. The zero-order chi connectivity index (χ0) is 50.6. The number of phosphoric acid groups is 1. The predicted octanol–water partition coefficient (Wildman–Crippen LogP) is 17.1. The Morgan fingerprint density at radius 3 is 1.22 bits per heavy atom. The Bertz CT molecular complexity index is 1440. The monoisotopic (exact) mass is 987 g/mol. The molecule has 1 N–H and O–H groups in total. The fourth-order valence-electron chi connectivity index (χ4n) is 7.42. The lowest BCUT2D eigenvalue weighted by atomic mass is 10.0. The van der Waals surface area contributed by atoms with Crippen molar-refractivity contribution in [2.45, 2.75) is 232 Å². The van der Waals surface area contributed by atoms with Crippen molar-refractivity contribution in [3.63, 3.8) is 0 Å². The summed E-state index contributed by atoms with van der Waals surface area (Å²) in [5.74, 6) is -0.865. The van der Waals surface area contributed by atoms with E-state index in [1.54, 1.807) is 0 Å². The molecule has 0 aliphatic heterocycles. The molecule has 0 aromatic heterocycles. The maximum atomic E-state index is 12.8. The zero-order valence-corrected chi connectivity index (χ0v) is 45.9. The second-order valence-corrected chi connectivity index (χ2v) is 21.0. The van der Waals surface area contributed by atoms with Crippen LogP contribution in [-0.2, 0) is 32.7 Å². The largest absolute Gasteiger partial charge is 0.472 e. The van der Waals surface area contributed by atoms with Gasteiger partial charge < -0.3 is 18.9 Å². The van der Waals surface area contributed by atoms with Gasteiger partial charge in [-0.2, -0.15) is 0 Å². The number of esters is 2. The Morgan fingerprint density at radius 1 is 0.464 bits per heavy atom. The molecule has 9 nitrogen and oxygen atoms in total. The highest BCUT2D eigenvalue weighted by molar-refractivity contribution is 7.47. The van der Waals surface area contributed by atoms with Gasteiger partial charge in [0.2, 0.25) is 0 Å². The second kappa shape index (κ2) is 50.1. The highest BCUT2D eigenvalue weighted by Gasteiger charge is 2.27. The van der Waals surface area contributed by atoms with E-state index < -0.39 is 26.5 Å². The number of allylic oxidation sites excluding steroid dienone is 14. The van der Waals surface area contributed by atoms with Crippen LogP contribution in [0.15, 0.2) is 85.1 Å². The van der Waals surface area contributed by atoms with Gasteiger partial charge in [-0.1, -0.05) is 234 Å². The van der Waals surface area contributed by atoms with E-state index in [1.807, 2.05) is 27.2 Å². The maximum Gasteiger partial charge on any atom is 0.472 e. The number of hydrogen-bond acceptors (Lipinski definition) is 7. The lowest BCUT2D eigenvalue weighted by molar-refractivity contribution is -0.870. The van der Waals surface area contributed by atoms with Crippen molar-refractivity contribution < 1.29 is 42.1 Å². The number of carbonyl (C=O) groups is 2. The van der Waals surface area contributed by atoms with E-state index in [2.05, 4.69) is 92.8 Å². The summed E-state index contributed by atoms with van der Waals surface area (Å²) in [6, 6.07) is 0. The van der Waals surface area contributed by atoms with Crippen molar-refractivity contribution in [2.75, 3.05) is 47.5 Å². The van der Waals surface area contributed by atoms with Crippen LogP contribution in [0.1, 0.15) is 226 Å². The van der Waals surface area contributed by atoms with Crippen molar-refractivity contribution in [2.24, 2.45) is 0 Å². The van der Waals surface area contributed by atoms with Crippen LogP contribution in [0.3, 0.4) is 0 Å². The van der Waals surface area contributed by atoms with Crippen molar-refractivity contribution >= 4 is 19.8 Å². The Kier molecular flexibility index (Phi) is 48.1. The summed E-state index contributed by atoms with van der Waals surface area (Å²) in [4.78, 5) is 35.6. The van der Waals surface area contributed by atoms with Crippen LogP contribution >= 0.6 is 7.82 Å². The lowest BCUT2D eigenvalue weighted by Gasteiger charge is -2.24. The zero-order valence-electron chi connectivity index (χ0n) is 45.0. The van der Waals surface area contributed by atoms with Crippen LogP contribution in [0.4, 0.5) is 0 Å². The quantitative estimate of drug-likeness (QED) is 0.0211. The summed E-state index contributed by atoms with van der Waals surface area (Å²) >= 11 is 0. The summed E-state index contributed by atoms with van der Waals surface area (Å²) in [5, 5.41) is 0. The van der Waals surface area contributed by atoms with Gasteiger partial charge in [0.25, 0.3) is 0 Å². The Labute approximate surface area is 424 Å². The summed E-state index contributed by atoms with van der Waals surface area (Å²) in [5.41, 5.74) is 0. The third-order valence-corrected chi connectivity index (χ3v) is 12.7. The van der Waals surface area contributed by atoms with Crippen LogP contribution in [0, 0.1) is 0 Å². The minimum Gasteiger partial charge on any atom is -0.462 e. The van der Waals surface area contributed by atoms with Crippen LogP contribution in [0.25, 0.3) is 0 Å². The van der Waals surface area contributed by atoms with Crippen LogP contribution in [-0.4, -0.2) is 74.9 Å². The Morgan fingerprint density at radius 2 is 0.826 bits per heavy atom. The number of rotatable bonds is 50. The van der Waals surface area contributed by atoms with Crippen molar-refractivity contribution in [3.05, 3.63) is 85.1 Å². The molecule has 69 heavy (non-hydrogen) atoms. The summed E-state index contributed by atoms with van der Waals surface area (Å²) < 4.78 is 34.5. The van der Waals surface area contributed by atoms with Gasteiger partial charge in [0.05, 0.1) is 27.7 Å². The molecule has 10 heteroatoms. The van der Waals surface area contributed by atoms with Crippen molar-refractivity contribution in [1.82, 2.24) is 0 Å². The van der Waals surface area contributed by atoms with Gasteiger partial charge >= 0.3 is 19.8 Å². The number of unbranched alkanes of at least 4 members (excludes halogenated alkanes) is 22. The smallest absolute Gasteiger partial charge is 0.462 e. The Balaban J connectivity index is 4.30. The minimum atomic E-state index is -4.40. The molecular weight excluding hydrogens is 882 g/mol. The summed E-state index contributed by atoms with van der Waals surface area (Å²) in [7, 11) is 1.43. The topological polar surface area (TPSA) is 108 Å². The van der Waals surface area contributed by atoms with Gasteiger partial charge in [-0.05, 0) is 64.2 Å². The van der Waals surface area contributed by atoms with Gasteiger partial charge in [0, 0.05) is 12.8 Å². The Hall–Kier alpha value is -2.81. The minimum absolute atomic E-state index is 0.0177. The van der Waals surface area contributed by atoms with Crippen LogP contribution in [0.2, 0.25) is 0 Å². The SMILES string of the molecule is CC/C=C\C/C=C\C/C=C\C/C=C\C/C=C\C/C=C\C/C=C\CCCC(=O)OC(COC(=O)CCCCCCCCCCCCCCCCCCCCCCCC)COP(=O)(O)OCC[N+](C)(C)C. The molecule has 0 rings (SSSR count). The first-order valence-corrected chi connectivity index (χ1v) is 29.3. The van der Waals surface area contributed by atoms with Crippen LogP contribution < -0.4 is 0 Å². The second-order valence-electron chi connectivity index (χ2n) is 19.6. The van der Waals surface area contributed by atoms with E-state index in [4.69, 9.17) is 18.5 Å². The van der Waals surface area contributed by atoms with Crippen molar-refractivity contribution in [3.8, 4) is 0 Å². The fraction of sp³-hybridized carbons (Fsp3) is 0.729. The average Bonchev–Trinajstić information content (AvgIpc) is 3.31. The van der Waals surface area contributed by atoms with E-state index >= 15 is 0 Å². The molecule has 0 amide bonds. The van der Waals surface area contributed by atoms with Crippen molar-refractivity contribution in [1.29, 1.82) is 0 Å². The summed E-state index contributed by atoms with van der Waals surface area (Å²) in [6.45, 7) is 4.27. The molecule has 0 fully saturated rings. The molecule has 0 saturated carbocycles. The molecule has 0 radical (unpaired) electrons. The molecule has 2 atom stereocenters. The molecule has 0 aromatic rings. The lowest BCUT2D eigenvalue weighted by Crippen LogP contribution is -2.37. The first-order valence-electron chi connectivity index (χ1n) is 27.8. The van der Waals surface area contributed by atoms with E-state index in [9.17, 15) is 19.0 Å².